The number of likely N-dealkylation sites (tertiary alicyclic amines) is 1. The fourth-order valence-electron chi connectivity index (χ4n) is 3.29. The van der Waals surface area contributed by atoms with Crippen molar-refractivity contribution in [3.63, 3.8) is 0 Å². The van der Waals surface area contributed by atoms with E-state index in [0.717, 1.165) is 24.5 Å². The van der Waals surface area contributed by atoms with E-state index in [-0.39, 0.29) is 0 Å². The highest BCUT2D eigenvalue weighted by molar-refractivity contribution is 4.89. The van der Waals surface area contributed by atoms with Crippen LogP contribution in [0.15, 0.2) is 0 Å². The molecule has 2 nitrogen and oxygen atoms in total. The van der Waals surface area contributed by atoms with Crippen molar-refractivity contribution in [3.8, 4) is 0 Å². The molecule has 0 bridgehead atoms. The summed E-state index contributed by atoms with van der Waals surface area (Å²) in [5.74, 6) is 0.989. The van der Waals surface area contributed by atoms with Gasteiger partial charge in [-0.1, -0.05) is 20.3 Å². The first-order valence-electron chi connectivity index (χ1n) is 6.80. The van der Waals surface area contributed by atoms with E-state index >= 15 is 0 Å². The van der Waals surface area contributed by atoms with Crippen LogP contribution >= 0.6 is 0 Å². The summed E-state index contributed by atoms with van der Waals surface area (Å²) in [5, 5.41) is 3.60. The summed E-state index contributed by atoms with van der Waals surface area (Å²) in [6.07, 6.45) is 7.03. The Morgan fingerprint density at radius 2 is 2.07 bits per heavy atom. The van der Waals surface area contributed by atoms with Gasteiger partial charge in [-0.2, -0.15) is 0 Å². The lowest BCUT2D eigenvalue weighted by atomic mass is 10.1. The molecule has 3 atom stereocenters. The predicted octanol–water partition coefficient (Wildman–Crippen LogP) is 2.25. The van der Waals surface area contributed by atoms with Gasteiger partial charge in [0.05, 0.1) is 0 Å². The molecule has 2 aliphatic rings. The summed E-state index contributed by atoms with van der Waals surface area (Å²) < 4.78 is 0. The topological polar surface area (TPSA) is 15.3 Å². The smallest absolute Gasteiger partial charge is 0.0111 e. The molecule has 0 aromatic heterocycles. The van der Waals surface area contributed by atoms with Gasteiger partial charge in [0.25, 0.3) is 0 Å². The number of nitrogens with zero attached hydrogens (tertiary/aromatic N) is 1. The summed E-state index contributed by atoms with van der Waals surface area (Å²) in [5.41, 5.74) is 0. The van der Waals surface area contributed by atoms with Crippen LogP contribution in [0.2, 0.25) is 0 Å². The Balaban J connectivity index is 1.76. The molecule has 2 heteroatoms. The SMILES string of the molecule is CCNC1CCC(N2CCC(CC)C2)C1. The first kappa shape index (κ1) is 11.4. The Labute approximate surface area is 94.4 Å². The van der Waals surface area contributed by atoms with Crippen molar-refractivity contribution in [2.75, 3.05) is 19.6 Å². The van der Waals surface area contributed by atoms with Crippen molar-refractivity contribution in [3.05, 3.63) is 0 Å². The molecule has 0 radical (unpaired) electrons. The van der Waals surface area contributed by atoms with Gasteiger partial charge in [0, 0.05) is 18.6 Å². The Hall–Kier alpha value is -0.0800. The Kier molecular flexibility index (Phi) is 4.04. The summed E-state index contributed by atoms with van der Waals surface area (Å²) in [6, 6.07) is 1.70. The summed E-state index contributed by atoms with van der Waals surface area (Å²) >= 11 is 0. The maximum Gasteiger partial charge on any atom is 0.0111 e. The van der Waals surface area contributed by atoms with Crippen LogP contribution in [0.4, 0.5) is 0 Å². The molecule has 3 unspecified atom stereocenters. The van der Waals surface area contributed by atoms with Crippen molar-refractivity contribution in [1.29, 1.82) is 0 Å². The van der Waals surface area contributed by atoms with Gasteiger partial charge in [-0.05, 0) is 44.7 Å². The third-order valence-electron chi connectivity index (χ3n) is 4.31. The molecule has 15 heavy (non-hydrogen) atoms. The molecule has 0 amide bonds. The predicted molar refractivity (Wildman–Crippen MR) is 65.1 cm³/mol. The van der Waals surface area contributed by atoms with Crippen LogP contribution in [0.25, 0.3) is 0 Å². The molecule has 1 saturated heterocycles. The molecular formula is C13H26N2. The second-order valence-electron chi connectivity index (χ2n) is 5.28. The second-order valence-corrected chi connectivity index (χ2v) is 5.28. The monoisotopic (exact) mass is 210 g/mol. The van der Waals surface area contributed by atoms with Gasteiger partial charge >= 0.3 is 0 Å². The van der Waals surface area contributed by atoms with Crippen LogP contribution in [0.5, 0.6) is 0 Å². The fraction of sp³-hybridized carbons (Fsp3) is 1.00. The normalized spacial score (nSPS) is 37.6. The molecule has 1 aliphatic carbocycles. The minimum atomic E-state index is 0.806. The molecule has 1 saturated carbocycles. The van der Waals surface area contributed by atoms with Crippen LogP contribution in [-0.4, -0.2) is 36.6 Å². The first-order chi connectivity index (χ1) is 7.33. The molecule has 0 aromatic carbocycles. The fourth-order valence-corrected chi connectivity index (χ4v) is 3.29. The highest BCUT2D eigenvalue weighted by Gasteiger charge is 2.32. The van der Waals surface area contributed by atoms with E-state index in [0.29, 0.717) is 0 Å². The molecule has 1 heterocycles. The lowest BCUT2D eigenvalue weighted by molar-refractivity contribution is 0.233. The van der Waals surface area contributed by atoms with Crippen molar-refractivity contribution < 1.29 is 0 Å². The van der Waals surface area contributed by atoms with Crippen LogP contribution in [-0.2, 0) is 0 Å². The molecule has 0 spiro atoms. The van der Waals surface area contributed by atoms with Crippen LogP contribution in [0.3, 0.4) is 0 Å². The van der Waals surface area contributed by atoms with E-state index in [2.05, 4.69) is 24.1 Å². The molecular weight excluding hydrogens is 184 g/mol. The number of hydrogen-bond acceptors (Lipinski definition) is 2. The van der Waals surface area contributed by atoms with E-state index in [1.165, 1.54) is 45.2 Å². The lowest BCUT2D eigenvalue weighted by Gasteiger charge is -2.24. The molecule has 0 aromatic rings. The van der Waals surface area contributed by atoms with Crippen LogP contribution in [0.1, 0.15) is 46.0 Å². The van der Waals surface area contributed by atoms with E-state index in [1.54, 1.807) is 0 Å². The van der Waals surface area contributed by atoms with E-state index in [4.69, 9.17) is 0 Å². The van der Waals surface area contributed by atoms with Gasteiger partial charge in [-0.25, -0.2) is 0 Å². The quantitative estimate of drug-likeness (QED) is 0.765. The zero-order valence-corrected chi connectivity index (χ0v) is 10.3. The van der Waals surface area contributed by atoms with Gasteiger partial charge in [-0.15, -0.1) is 0 Å². The molecule has 1 aliphatic heterocycles. The third-order valence-corrected chi connectivity index (χ3v) is 4.31. The molecule has 88 valence electrons. The highest BCUT2D eigenvalue weighted by Crippen LogP contribution is 2.29. The van der Waals surface area contributed by atoms with Gasteiger partial charge in [0.2, 0.25) is 0 Å². The van der Waals surface area contributed by atoms with Gasteiger partial charge in [0.15, 0.2) is 0 Å². The minimum Gasteiger partial charge on any atom is -0.314 e. The first-order valence-corrected chi connectivity index (χ1v) is 6.80. The van der Waals surface area contributed by atoms with E-state index < -0.39 is 0 Å². The molecule has 1 N–H and O–H groups in total. The lowest BCUT2D eigenvalue weighted by Crippen LogP contribution is -2.34. The van der Waals surface area contributed by atoms with Crippen molar-refractivity contribution in [2.45, 2.75) is 58.0 Å². The average molecular weight is 210 g/mol. The van der Waals surface area contributed by atoms with Crippen molar-refractivity contribution in [1.82, 2.24) is 10.2 Å². The zero-order valence-electron chi connectivity index (χ0n) is 10.3. The van der Waals surface area contributed by atoms with Crippen LogP contribution in [0, 0.1) is 5.92 Å². The van der Waals surface area contributed by atoms with Crippen LogP contribution < -0.4 is 5.32 Å². The third kappa shape index (κ3) is 2.73. The molecule has 2 rings (SSSR count). The Morgan fingerprint density at radius 3 is 2.73 bits per heavy atom. The highest BCUT2D eigenvalue weighted by atomic mass is 15.2. The standard InChI is InChI=1S/C13H26N2/c1-3-11-7-8-15(10-11)13-6-5-12(9-13)14-4-2/h11-14H,3-10H2,1-2H3. The number of hydrogen-bond donors (Lipinski definition) is 1. The summed E-state index contributed by atoms with van der Waals surface area (Å²) in [4.78, 5) is 2.76. The maximum atomic E-state index is 3.60. The number of rotatable bonds is 4. The second kappa shape index (κ2) is 5.31. The van der Waals surface area contributed by atoms with Crippen molar-refractivity contribution >= 4 is 0 Å². The largest absolute Gasteiger partial charge is 0.314 e. The van der Waals surface area contributed by atoms with E-state index in [9.17, 15) is 0 Å². The Bertz CT molecular complexity index is 193. The van der Waals surface area contributed by atoms with Crippen molar-refractivity contribution in [2.24, 2.45) is 5.92 Å². The Morgan fingerprint density at radius 1 is 1.20 bits per heavy atom. The maximum absolute atomic E-state index is 3.60. The van der Waals surface area contributed by atoms with Gasteiger partial charge < -0.3 is 10.2 Å². The van der Waals surface area contributed by atoms with Gasteiger partial charge in [-0.3, -0.25) is 0 Å². The molecule has 2 fully saturated rings. The van der Waals surface area contributed by atoms with E-state index in [1.807, 2.05) is 0 Å². The zero-order chi connectivity index (χ0) is 10.7. The minimum absolute atomic E-state index is 0.806. The summed E-state index contributed by atoms with van der Waals surface area (Å²) in [7, 11) is 0. The summed E-state index contributed by atoms with van der Waals surface area (Å²) in [6.45, 7) is 8.43. The van der Waals surface area contributed by atoms with Gasteiger partial charge in [0.1, 0.15) is 0 Å². The number of nitrogens with one attached hydrogen (secondary N) is 1. The average Bonchev–Trinajstić information content (AvgIpc) is 2.85.